The standard InChI is InChI=1S/C7H14N2O5/c8-7(14)5(1-6(12)13)9-2-4(11)3-10/h4-5,9-11H,1-3H2,(H2,8,14)(H,12,13)/t4?,5-/m0/s1. The van der Waals surface area contributed by atoms with E-state index in [1.54, 1.807) is 0 Å². The first kappa shape index (κ1) is 12.8. The summed E-state index contributed by atoms with van der Waals surface area (Å²) in [7, 11) is 0. The van der Waals surface area contributed by atoms with Crippen molar-refractivity contribution in [1.82, 2.24) is 5.32 Å². The third kappa shape index (κ3) is 5.46. The van der Waals surface area contributed by atoms with Crippen molar-refractivity contribution in [3.63, 3.8) is 0 Å². The van der Waals surface area contributed by atoms with E-state index in [0.29, 0.717) is 0 Å². The average Bonchev–Trinajstić information content (AvgIpc) is 2.10. The number of amides is 1. The van der Waals surface area contributed by atoms with Gasteiger partial charge in [-0.3, -0.25) is 9.59 Å². The van der Waals surface area contributed by atoms with Crippen LogP contribution in [0.25, 0.3) is 0 Å². The molecule has 0 radical (unpaired) electrons. The summed E-state index contributed by atoms with van der Waals surface area (Å²) in [5, 5.41) is 28.2. The first-order chi connectivity index (χ1) is 6.47. The van der Waals surface area contributed by atoms with Crippen molar-refractivity contribution < 1.29 is 24.9 Å². The van der Waals surface area contributed by atoms with Crippen LogP contribution in [0.2, 0.25) is 0 Å². The largest absolute Gasteiger partial charge is 0.481 e. The fraction of sp³-hybridized carbons (Fsp3) is 0.714. The van der Waals surface area contributed by atoms with Gasteiger partial charge in [0.1, 0.15) is 0 Å². The van der Waals surface area contributed by atoms with Crippen molar-refractivity contribution in [3.05, 3.63) is 0 Å². The Morgan fingerprint density at radius 2 is 2.00 bits per heavy atom. The number of rotatable bonds is 7. The van der Waals surface area contributed by atoms with E-state index >= 15 is 0 Å². The Hall–Kier alpha value is -1.18. The second-order valence-electron chi connectivity index (χ2n) is 2.80. The zero-order valence-corrected chi connectivity index (χ0v) is 7.51. The van der Waals surface area contributed by atoms with Gasteiger partial charge >= 0.3 is 5.97 Å². The smallest absolute Gasteiger partial charge is 0.305 e. The molecular weight excluding hydrogens is 192 g/mol. The summed E-state index contributed by atoms with van der Waals surface area (Å²) in [6.07, 6.45) is -1.49. The predicted molar refractivity (Wildman–Crippen MR) is 46.3 cm³/mol. The van der Waals surface area contributed by atoms with E-state index < -0.39 is 37.0 Å². The molecule has 0 bridgehead atoms. The summed E-state index contributed by atoms with van der Waals surface area (Å²) < 4.78 is 0. The van der Waals surface area contributed by atoms with Gasteiger partial charge < -0.3 is 26.4 Å². The second-order valence-corrected chi connectivity index (χ2v) is 2.80. The fourth-order valence-corrected chi connectivity index (χ4v) is 0.791. The normalized spacial score (nSPS) is 14.7. The van der Waals surface area contributed by atoms with E-state index in [1.165, 1.54) is 0 Å². The van der Waals surface area contributed by atoms with E-state index in [1.807, 2.05) is 0 Å². The first-order valence-electron chi connectivity index (χ1n) is 4.00. The van der Waals surface area contributed by atoms with Crippen molar-refractivity contribution >= 4 is 11.9 Å². The van der Waals surface area contributed by atoms with Crippen LogP contribution in [-0.2, 0) is 9.59 Å². The number of hydrogen-bond acceptors (Lipinski definition) is 5. The Labute approximate surface area is 80.5 Å². The van der Waals surface area contributed by atoms with E-state index in [9.17, 15) is 9.59 Å². The maximum atomic E-state index is 10.7. The summed E-state index contributed by atoms with van der Waals surface area (Å²) in [5.74, 6) is -1.97. The van der Waals surface area contributed by atoms with Gasteiger partial charge in [-0.25, -0.2) is 0 Å². The highest BCUT2D eigenvalue weighted by Crippen LogP contribution is 1.91. The Morgan fingerprint density at radius 3 is 2.36 bits per heavy atom. The maximum absolute atomic E-state index is 10.7. The summed E-state index contributed by atoms with van der Waals surface area (Å²) in [5.41, 5.74) is 4.90. The highest BCUT2D eigenvalue weighted by molar-refractivity contribution is 5.84. The lowest BCUT2D eigenvalue weighted by molar-refractivity contribution is -0.139. The molecule has 0 rings (SSSR count). The molecule has 0 aromatic heterocycles. The van der Waals surface area contributed by atoms with Crippen LogP contribution in [0.15, 0.2) is 0 Å². The third-order valence-corrected chi connectivity index (χ3v) is 1.53. The van der Waals surface area contributed by atoms with Crippen LogP contribution in [0.4, 0.5) is 0 Å². The molecule has 1 unspecified atom stereocenters. The van der Waals surface area contributed by atoms with Crippen molar-refractivity contribution in [2.45, 2.75) is 18.6 Å². The molecule has 0 aliphatic rings. The Balaban J connectivity index is 3.97. The summed E-state index contributed by atoms with van der Waals surface area (Å²) in [4.78, 5) is 21.0. The molecule has 0 fully saturated rings. The minimum Gasteiger partial charge on any atom is -0.481 e. The van der Waals surface area contributed by atoms with Gasteiger partial charge in [0.15, 0.2) is 0 Å². The second kappa shape index (κ2) is 6.30. The highest BCUT2D eigenvalue weighted by atomic mass is 16.4. The highest BCUT2D eigenvalue weighted by Gasteiger charge is 2.19. The van der Waals surface area contributed by atoms with Crippen LogP contribution in [0, 0.1) is 0 Å². The summed E-state index contributed by atoms with van der Waals surface area (Å²) in [6, 6.07) is -1.03. The van der Waals surface area contributed by atoms with Gasteiger partial charge in [0.2, 0.25) is 5.91 Å². The lowest BCUT2D eigenvalue weighted by Gasteiger charge is -2.15. The zero-order chi connectivity index (χ0) is 11.1. The molecule has 6 N–H and O–H groups in total. The van der Waals surface area contributed by atoms with E-state index in [0.717, 1.165) is 0 Å². The minimum absolute atomic E-state index is 0.0859. The molecule has 0 aromatic carbocycles. The number of carboxylic acids is 1. The topological polar surface area (TPSA) is 133 Å². The van der Waals surface area contributed by atoms with Crippen molar-refractivity contribution in [2.24, 2.45) is 5.73 Å². The number of nitrogens with one attached hydrogen (secondary N) is 1. The Kier molecular flexibility index (Phi) is 5.77. The third-order valence-electron chi connectivity index (χ3n) is 1.53. The maximum Gasteiger partial charge on any atom is 0.305 e. The van der Waals surface area contributed by atoms with Gasteiger partial charge in [0.25, 0.3) is 0 Å². The number of carbonyl (C=O) groups excluding carboxylic acids is 1. The number of hydrogen-bond donors (Lipinski definition) is 5. The van der Waals surface area contributed by atoms with Gasteiger partial charge in [0.05, 0.1) is 25.2 Å². The molecule has 0 spiro atoms. The van der Waals surface area contributed by atoms with Gasteiger partial charge in [0, 0.05) is 6.54 Å². The molecule has 0 saturated heterocycles. The summed E-state index contributed by atoms with van der Waals surface area (Å²) >= 11 is 0. The van der Waals surface area contributed by atoms with Crippen LogP contribution in [-0.4, -0.2) is 52.5 Å². The SMILES string of the molecule is NC(=O)[C@H](CC(=O)O)NCC(O)CO. The lowest BCUT2D eigenvalue weighted by atomic mass is 10.2. The molecule has 7 nitrogen and oxygen atoms in total. The van der Waals surface area contributed by atoms with Crippen LogP contribution >= 0.6 is 0 Å². The number of aliphatic carboxylic acids is 1. The number of carboxylic acid groups (broad SMARTS) is 1. The van der Waals surface area contributed by atoms with Crippen LogP contribution in [0.1, 0.15) is 6.42 Å². The Bertz CT molecular complexity index is 208. The van der Waals surface area contributed by atoms with E-state index in [2.05, 4.69) is 5.32 Å². The molecule has 2 atom stereocenters. The Morgan fingerprint density at radius 1 is 1.43 bits per heavy atom. The number of aliphatic hydroxyl groups is 2. The van der Waals surface area contributed by atoms with E-state index in [-0.39, 0.29) is 6.54 Å². The van der Waals surface area contributed by atoms with Gasteiger partial charge in [-0.15, -0.1) is 0 Å². The summed E-state index contributed by atoms with van der Waals surface area (Å²) in [6.45, 7) is -0.553. The molecule has 7 heteroatoms. The van der Waals surface area contributed by atoms with Crippen LogP contribution in [0.5, 0.6) is 0 Å². The molecule has 0 saturated carbocycles. The average molecular weight is 206 g/mol. The van der Waals surface area contributed by atoms with Gasteiger partial charge in [-0.05, 0) is 0 Å². The number of primary amides is 1. The molecule has 14 heavy (non-hydrogen) atoms. The number of nitrogens with two attached hydrogens (primary N) is 1. The molecule has 0 aliphatic carbocycles. The number of carbonyl (C=O) groups is 2. The molecular formula is C7H14N2O5. The van der Waals surface area contributed by atoms with Gasteiger partial charge in [-0.2, -0.15) is 0 Å². The molecule has 82 valence electrons. The lowest BCUT2D eigenvalue weighted by Crippen LogP contribution is -2.46. The quantitative estimate of drug-likeness (QED) is 0.307. The van der Waals surface area contributed by atoms with Crippen LogP contribution in [0.3, 0.4) is 0 Å². The van der Waals surface area contributed by atoms with Gasteiger partial charge in [-0.1, -0.05) is 0 Å². The first-order valence-corrected chi connectivity index (χ1v) is 4.00. The van der Waals surface area contributed by atoms with Crippen molar-refractivity contribution in [3.8, 4) is 0 Å². The monoisotopic (exact) mass is 206 g/mol. The number of aliphatic hydroxyl groups excluding tert-OH is 2. The van der Waals surface area contributed by atoms with Crippen molar-refractivity contribution in [2.75, 3.05) is 13.2 Å². The predicted octanol–water partition coefficient (Wildman–Crippen LogP) is -2.74. The molecule has 0 aliphatic heterocycles. The van der Waals surface area contributed by atoms with Crippen LogP contribution < -0.4 is 11.1 Å². The van der Waals surface area contributed by atoms with E-state index in [4.69, 9.17) is 21.1 Å². The minimum atomic E-state index is -1.17. The van der Waals surface area contributed by atoms with Crippen molar-refractivity contribution in [1.29, 1.82) is 0 Å². The zero-order valence-electron chi connectivity index (χ0n) is 7.51. The fourth-order valence-electron chi connectivity index (χ4n) is 0.791. The molecule has 0 aromatic rings. The molecule has 1 amide bonds. The molecule has 0 heterocycles.